The predicted molar refractivity (Wildman–Crippen MR) is 152 cm³/mol. The Hall–Kier alpha value is -4.04. The monoisotopic (exact) mass is 652 g/mol. The maximum absolute atomic E-state index is 14.4. The Morgan fingerprint density at radius 3 is 2.02 bits per heavy atom. The smallest absolute Gasteiger partial charge is 0.339 e. The number of hydrogen-bond donors (Lipinski definition) is 2. The van der Waals surface area contributed by atoms with Gasteiger partial charge < -0.3 is 15.1 Å². The van der Waals surface area contributed by atoms with E-state index in [0.29, 0.717) is 15.8 Å². The number of halogens is 5. The minimum atomic E-state index is -5.25. The van der Waals surface area contributed by atoms with E-state index in [9.17, 15) is 50.2 Å². The average molecular weight is 653 g/mol. The lowest BCUT2D eigenvalue weighted by Gasteiger charge is -2.27. The number of phenols is 1. The number of anilines is 1. The van der Waals surface area contributed by atoms with Gasteiger partial charge in [-0.15, -0.1) is 0 Å². The number of rotatable bonds is 8. The van der Waals surface area contributed by atoms with Gasteiger partial charge in [-0.05, 0) is 48.4 Å². The molecular formula is C31H29F5N2O6S. The van der Waals surface area contributed by atoms with Crippen molar-refractivity contribution in [1.82, 2.24) is 4.31 Å². The number of amides is 1. The second kappa shape index (κ2) is 12.8. The van der Waals surface area contributed by atoms with Gasteiger partial charge in [-0.3, -0.25) is 4.79 Å². The van der Waals surface area contributed by atoms with Crippen molar-refractivity contribution in [2.24, 2.45) is 5.92 Å². The number of hydrogen-bond acceptors (Lipinski definition) is 5. The summed E-state index contributed by atoms with van der Waals surface area (Å²) in [5.41, 5.74) is 1.52. The van der Waals surface area contributed by atoms with Gasteiger partial charge in [0.1, 0.15) is 11.3 Å². The molecule has 1 atom stereocenters. The van der Waals surface area contributed by atoms with Gasteiger partial charge in [-0.1, -0.05) is 43.5 Å². The summed E-state index contributed by atoms with van der Waals surface area (Å²) >= 11 is 0. The highest BCUT2D eigenvalue weighted by Crippen LogP contribution is 2.35. The van der Waals surface area contributed by atoms with E-state index in [0.717, 1.165) is 43.4 Å². The molecule has 14 heteroatoms. The van der Waals surface area contributed by atoms with Crippen LogP contribution < -0.4 is 4.90 Å². The Morgan fingerprint density at radius 1 is 0.844 bits per heavy atom. The van der Waals surface area contributed by atoms with Crippen LogP contribution in [-0.4, -0.2) is 47.9 Å². The van der Waals surface area contributed by atoms with Gasteiger partial charge in [0, 0.05) is 24.8 Å². The van der Waals surface area contributed by atoms with E-state index < -0.39 is 86.2 Å². The molecule has 2 aliphatic rings. The second-order valence-electron chi connectivity index (χ2n) is 11.3. The molecule has 240 valence electrons. The zero-order chi connectivity index (χ0) is 32.6. The summed E-state index contributed by atoms with van der Waals surface area (Å²) in [6, 6.07) is 11.1. The molecule has 3 aromatic rings. The van der Waals surface area contributed by atoms with Crippen LogP contribution in [0.1, 0.15) is 65.9 Å². The van der Waals surface area contributed by atoms with Crippen molar-refractivity contribution in [3.63, 3.8) is 0 Å². The minimum absolute atomic E-state index is 0.0590. The summed E-state index contributed by atoms with van der Waals surface area (Å²) in [7, 11) is -5.25. The molecule has 2 fully saturated rings. The summed E-state index contributed by atoms with van der Waals surface area (Å²) < 4.78 is 96.6. The van der Waals surface area contributed by atoms with E-state index in [2.05, 4.69) is 0 Å². The molecule has 1 aliphatic heterocycles. The van der Waals surface area contributed by atoms with E-state index in [-0.39, 0.29) is 18.7 Å². The topological polar surface area (TPSA) is 115 Å². The first-order chi connectivity index (χ1) is 21.3. The molecule has 45 heavy (non-hydrogen) atoms. The van der Waals surface area contributed by atoms with Crippen molar-refractivity contribution < 1.29 is 50.2 Å². The fourth-order valence-electron chi connectivity index (χ4n) is 5.99. The Labute approximate surface area is 255 Å². The molecular weight excluding hydrogens is 623 g/mol. The van der Waals surface area contributed by atoms with Crippen molar-refractivity contribution in [1.29, 1.82) is 0 Å². The standard InChI is InChI=1S/C31H29F5N2O6S/c32-24-25(33)27(35)29(28(36)26(24)34)45(43,44)37-13-12-20(16-37)30(40)38(21-10-11-22(31(41)42)23(39)14-21)15-17-6-8-19(9-7-17)18-4-2-1-3-5-18/h6-11,14,18,20,39H,1-5,12-13,15-16H2,(H,41,42)/t20-/m0/s1. The molecule has 8 nitrogen and oxygen atoms in total. The Bertz CT molecular complexity index is 1720. The highest BCUT2D eigenvalue weighted by molar-refractivity contribution is 7.89. The minimum Gasteiger partial charge on any atom is -0.507 e. The number of aromatic hydroxyl groups is 1. The normalized spacial score (nSPS) is 17.8. The third-order valence-corrected chi connectivity index (χ3v) is 10.3. The first-order valence-corrected chi connectivity index (χ1v) is 15.7. The average Bonchev–Trinajstić information content (AvgIpc) is 3.53. The Balaban J connectivity index is 1.43. The SMILES string of the molecule is O=C(O)c1ccc(N(Cc2ccc(C3CCCCC3)cc2)C(=O)[C@H]2CCN(S(=O)(=O)c3c(F)c(F)c(F)c(F)c3F)C2)cc1O. The van der Waals surface area contributed by atoms with Crippen LogP contribution in [-0.2, 0) is 21.4 Å². The van der Waals surface area contributed by atoms with Crippen LogP contribution in [0.5, 0.6) is 5.75 Å². The van der Waals surface area contributed by atoms with Crippen LogP contribution in [0, 0.1) is 35.0 Å². The first kappa shape index (κ1) is 32.4. The fourth-order valence-corrected chi connectivity index (χ4v) is 7.60. The zero-order valence-corrected chi connectivity index (χ0v) is 24.6. The number of sulfonamides is 1. The molecule has 5 rings (SSSR count). The first-order valence-electron chi connectivity index (χ1n) is 14.3. The molecule has 2 N–H and O–H groups in total. The van der Waals surface area contributed by atoms with Gasteiger partial charge >= 0.3 is 5.97 Å². The van der Waals surface area contributed by atoms with Crippen LogP contribution in [0.2, 0.25) is 0 Å². The fraction of sp³-hybridized carbons (Fsp3) is 0.355. The molecule has 3 aromatic carbocycles. The van der Waals surface area contributed by atoms with Crippen molar-refractivity contribution in [2.75, 3.05) is 18.0 Å². The highest BCUT2D eigenvalue weighted by atomic mass is 32.2. The number of carboxylic acids is 1. The van der Waals surface area contributed by atoms with Crippen LogP contribution in [0.15, 0.2) is 47.4 Å². The van der Waals surface area contributed by atoms with E-state index >= 15 is 0 Å². The highest BCUT2D eigenvalue weighted by Gasteiger charge is 2.42. The van der Waals surface area contributed by atoms with Gasteiger partial charge in [-0.25, -0.2) is 35.2 Å². The largest absolute Gasteiger partial charge is 0.507 e. The van der Waals surface area contributed by atoms with Crippen LogP contribution in [0.3, 0.4) is 0 Å². The Kier molecular flexibility index (Phi) is 9.17. The molecule has 0 unspecified atom stereocenters. The number of benzene rings is 3. The lowest BCUT2D eigenvalue weighted by Crippen LogP contribution is -2.38. The maximum atomic E-state index is 14.4. The van der Waals surface area contributed by atoms with Gasteiger partial charge in [0.2, 0.25) is 21.7 Å². The second-order valence-corrected chi connectivity index (χ2v) is 13.1. The zero-order valence-electron chi connectivity index (χ0n) is 23.8. The number of carboxylic acid groups (broad SMARTS) is 1. The summed E-state index contributed by atoms with van der Waals surface area (Å²) in [5, 5.41) is 19.6. The Morgan fingerprint density at radius 2 is 1.44 bits per heavy atom. The number of carbonyl (C=O) groups is 2. The van der Waals surface area contributed by atoms with Crippen LogP contribution >= 0.6 is 0 Å². The summed E-state index contributed by atoms with van der Waals surface area (Å²) in [6.07, 6.45) is 5.48. The van der Waals surface area contributed by atoms with E-state index in [4.69, 9.17) is 0 Å². The van der Waals surface area contributed by atoms with Crippen molar-refractivity contribution >= 4 is 27.6 Å². The van der Waals surface area contributed by atoms with Crippen molar-refractivity contribution in [3.8, 4) is 5.75 Å². The molecule has 1 heterocycles. The quantitative estimate of drug-likeness (QED) is 0.173. The lowest BCUT2D eigenvalue weighted by molar-refractivity contribution is -0.122. The van der Waals surface area contributed by atoms with Gasteiger partial charge in [0.05, 0.1) is 12.5 Å². The van der Waals surface area contributed by atoms with Gasteiger partial charge in [0.25, 0.3) is 0 Å². The number of aromatic carboxylic acids is 1. The van der Waals surface area contributed by atoms with Crippen molar-refractivity contribution in [3.05, 3.63) is 88.2 Å². The van der Waals surface area contributed by atoms with E-state index in [1.807, 2.05) is 24.3 Å². The lowest BCUT2D eigenvalue weighted by atomic mass is 9.84. The van der Waals surface area contributed by atoms with Crippen LogP contribution in [0.4, 0.5) is 27.6 Å². The third-order valence-electron chi connectivity index (χ3n) is 8.45. The van der Waals surface area contributed by atoms with Crippen LogP contribution in [0.25, 0.3) is 0 Å². The third kappa shape index (κ3) is 6.25. The molecule has 1 aliphatic carbocycles. The molecule has 1 saturated carbocycles. The summed E-state index contributed by atoms with van der Waals surface area (Å²) in [5.74, 6) is -15.7. The van der Waals surface area contributed by atoms with Crippen molar-refractivity contribution in [2.45, 2.75) is 55.9 Å². The predicted octanol–water partition coefficient (Wildman–Crippen LogP) is 6.08. The molecule has 1 saturated heterocycles. The van der Waals surface area contributed by atoms with Gasteiger partial charge in [-0.2, -0.15) is 4.31 Å². The summed E-state index contributed by atoms with van der Waals surface area (Å²) in [6.45, 7) is -1.14. The van der Waals surface area contributed by atoms with Gasteiger partial charge in [0.15, 0.2) is 28.2 Å². The molecule has 0 aromatic heterocycles. The number of nitrogens with zero attached hydrogens (tertiary/aromatic N) is 2. The maximum Gasteiger partial charge on any atom is 0.339 e. The van der Waals surface area contributed by atoms with E-state index in [1.54, 1.807) is 0 Å². The molecule has 0 bridgehead atoms. The molecule has 0 spiro atoms. The van der Waals surface area contributed by atoms with E-state index in [1.165, 1.54) is 17.4 Å². The summed E-state index contributed by atoms with van der Waals surface area (Å²) in [4.78, 5) is 24.5. The molecule has 0 radical (unpaired) electrons. The molecule has 1 amide bonds. The number of carbonyl (C=O) groups excluding carboxylic acids is 1.